The lowest BCUT2D eigenvalue weighted by Gasteiger charge is -2.15. The van der Waals surface area contributed by atoms with E-state index in [1.807, 2.05) is 32.2 Å². The van der Waals surface area contributed by atoms with E-state index in [0.29, 0.717) is 34.2 Å². The van der Waals surface area contributed by atoms with E-state index in [-0.39, 0.29) is 43.4 Å². The second-order valence-electron chi connectivity index (χ2n) is 8.42. The molecule has 37 heavy (non-hydrogen) atoms. The molecule has 0 saturated carbocycles. The number of hydrogen-bond donors (Lipinski definition) is 4. The highest BCUT2D eigenvalue weighted by atomic mass is 32.2. The van der Waals surface area contributed by atoms with Crippen LogP contribution in [0.2, 0.25) is 0 Å². The molecule has 0 radical (unpaired) electrons. The van der Waals surface area contributed by atoms with E-state index in [2.05, 4.69) is 26.1 Å². The van der Waals surface area contributed by atoms with Crippen LogP contribution in [0.3, 0.4) is 0 Å². The van der Waals surface area contributed by atoms with Crippen LogP contribution in [0.25, 0.3) is 11.4 Å². The smallest absolute Gasteiger partial charge is 0.240 e. The monoisotopic (exact) mass is 544 g/mol. The van der Waals surface area contributed by atoms with Crippen molar-refractivity contribution in [3.8, 4) is 11.4 Å². The average molecular weight is 545 g/mol. The maximum Gasteiger partial charge on any atom is 0.240 e. The summed E-state index contributed by atoms with van der Waals surface area (Å²) in [4.78, 5) is 22.6. The standard InChI is InChI=1S/C26H32N4O5S2/c1-17-4-5-19(16-18(17)2)6-11-22(33)23-25(27-12-14-31)29-24(30-26(23)36-3)20-7-9-21(10-8-20)37(34,35)28-13-15-32/h4-5,7-10,16,28,31-32H,6,11-15H2,1-3H3,(H,27,29,30). The van der Waals surface area contributed by atoms with Crippen molar-refractivity contribution in [3.63, 3.8) is 0 Å². The SMILES string of the molecule is CSc1nc(-c2ccc(S(=O)(=O)NCCO)cc2)nc(NCCO)c1C(=O)CCc1ccc(C)c(C)c1. The second kappa shape index (κ2) is 13.1. The number of aromatic nitrogens is 2. The summed E-state index contributed by atoms with van der Waals surface area (Å²) >= 11 is 1.32. The zero-order chi connectivity index (χ0) is 27.0. The lowest BCUT2D eigenvalue weighted by molar-refractivity contribution is 0.0979. The number of aliphatic hydroxyl groups is 2. The van der Waals surface area contributed by atoms with Crippen molar-refractivity contribution in [1.82, 2.24) is 14.7 Å². The summed E-state index contributed by atoms with van der Waals surface area (Å²) in [7, 11) is -3.75. The van der Waals surface area contributed by atoms with Gasteiger partial charge in [-0.3, -0.25) is 4.79 Å². The van der Waals surface area contributed by atoms with Crippen LogP contribution in [0.1, 0.15) is 33.5 Å². The third-order valence-electron chi connectivity index (χ3n) is 5.79. The number of hydrogen-bond acceptors (Lipinski definition) is 9. The average Bonchev–Trinajstić information content (AvgIpc) is 2.90. The third kappa shape index (κ3) is 7.36. The Labute approximate surface area is 221 Å². The van der Waals surface area contributed by atoms with Crippen molar-refractivity contribution in [3.05, 3.63) is 64.7 Å². The first-order valence-corrected chi connectivity index (χ1v) is 14.5. The molecule has 0 unspecified atom stereocenters. The molecule has 0 spiro atoms. The number of rotatable bonds is 13. The molecule has 9 nitrogen and oxygen atoms in total. The highest BCUT2D eigenvalue weighted by Crippen LogP contribution is 2.30. The fourth-order valence-electron chi connectivity index (χ4n) is 3.66. The van der Waals surface area contributed by atoms with Gasteiger partial charge >= 0.3 is 0 Å². The van der Waals surface area contributed by atoms with E-state index in [9.17, 15) is 18.3 Å². The summed E-state index contributed by atoms with van der Waals surface area (Å²) in [6, 6.07) is 12.2. The number of aryl methyl sites for hydroxylation is 3. The first-order valence-electron chi connectivity index (χ1n) is 11.8. The summed E-state index contributed by atoms with van der Waals surface area (Å²) in [5.41, 5.74) is 4.40. The van der Waals surface area contributed by atoms with Crippen LogP contribution in [0.4, 0.5) is 5.82 Å². The van der Waals surface area contributed by atoms with Crippen LogP contribution < -0.4 is 10.0 Å². The molecule has 0 atom stereocenters. The van der Waals surface area contributed by atoms with Gasteiger partial charge in [-0.05, 0) is 67.5 Å². The third-order valence-corrected chi connectivity index (χ3v) is 7.95. The largest absolute Gasteiger partial charge is 0.395 e. The van der Waals surface area contributed by atoms with Gasteiger partial charge in [0.2, 0.25) is 10.0 Å². The summed E-state index contributed by atoms with van der Waals surface area (Å²) < 4.78 is 26.9. The van der Waals surface area contributed by atoms with Crippen LogP contribution >= 0.6 is 11.8 Å². The lowest BCUT2D eigenvalue weighted by atomic mass is 10.0. The van der Waals surface area contributed by atoms with Gasteiger partial charge in [-0.25, -0.2) is 23.1 Å². The fourth-order valence-corrected chi connectivity index (χ4v) is 5.27. The highest BCUT2D eigenvalue weighted by molar-refractivity contribution is 7.98. The van der Waals surface area contributed by atoms with Gasteiger partial charge in [-0.2, -0.15) is 0 Å². The molecule has 0 bridgehead atoms. The highest BCUT2D eigenvalue weighted by Gasteiger charge is 2.22. The summed E-state index contributed by atoms with van der Waals surface area (Å²) in [5, 5.41) is 21.8. The van der Waals surface area contributed by atoms with Crippen molar-refractivity contribution in [2.45, 2.75) is 36.6 Å². The minimum atomic E-state index is -3.75. The van der Waals surface area contributed by atoms with Crippen LogP contribution in [0, 0.1) is 13.8 Å². The zero-order valence-corrected chi connectivity index (χ0v) is 22.7. The van der Waals surface area contributed by atoms with E-state index in [0.717, 1.165) is 5.56 Å². The predicted octanol–water partition coefficient (Wildman–Crippen LogP) is 2.97. The van der Waals surface area contributed by atoms with Gasteiger partial charge in [0.15, 0.2) is 11.6 Å². The lowest BCUT2D eigenvalue weighted by Crippen LogP contribution is -2.26. The van der Waals surface area contributed by atoms with Gasteiger partial charge in [0.1, 0.15) is 10.8 Å². The number of aliphatic hydroxyl groups excluding tert-OH is 2. The van der Waals surface area contributed by atoms with Crippen molar-refractivity contribution in [1.29, 1.82) is 0 Å². The number of Topliss-reactive ketones (excluding diaryl/α,β-unsaturated/α-hetero) is 1. The molecule has 3 rings (SSSR count). The fraction of sp³-hybridized carbons (Fsp3) is 0.346. The first kappa shape index (κ1) is 28.7. The molecule has 3 aromatic rings. The number of carbonyl (C=O) groups is 1. The number of thioether (sulfide) groups is 1. The predicted molar refractivity (Wildman–Crippen MR) is 146 cm³/mol. The molecule has 0 saturated heterocycles. The van der Waals surface area contributed by atoms with Gasteiger partial charge in [-0.15, -0.1) is 11.8 Å². The van der Waals surface area contributed by atoms with Crippen molar-refractivity contribution in [2.75, 3.05) is 37.9 Å². The Morgan fingerprint density at radius 3 is 2.30 bits per heavy atom. The van der Waals surface area contributed by atoms with E-state index in [4.69, 9.17) is 5.11 Å². The maximum absolute atomic E-state index is 13.3. The molecule has 0 fully saturated rings. The summed E-state index contributed by atoms with van der Waals surface area (Å²) in [5.74, 6) is 0.545. The molecule has 198 valence electrons. The number of ketones is 1. The number of anilines is 1. The minimum Gasteiger partial charge on any atom is -0.395 e. The number of benzene rings is 2. The Bertz CT molecular complexity index is 1350. The molecule has 2 aromatic carbocycles. The molecule has 11 heteroatoms. The molecular weight excluding hydrogens is 512 g/mol. The van der Waals surface area contributed by atoms with Gasteiger partial charge in [-0.1, -0.05) is 18.2 Å². The first-order chi connectivity index (χ1) is 17.7. The van der Waals surface area contributed by atoms with E-state index >= 15 is 0 Å². The van der Waals surface area contributed by atoms with Gasteiger partial charge in [0.05, 0.1) is 23.7 Å². The maximum atomic E-state index is 13.3. The normalized spacial score (nSPS) is 11.5. The van der Waals surface area contributed by atoms with Crippen molar-refractivity contribution in [2.24, 2.45) is 0 Å². The number of nitrogens with zero attached hydrogens (tertiary/aromatic N) is 2. The Hall–Kier alpha value is -2.83. The van der Waals surface area contributed by atoms with Crippen LogP contribution in [-0.2, 0) is 16.4 Å². The second-order valence-corrected chi connectivity index (χ2v) is 11.0. The summed E-state index contributed by atoms with van der Waals surface area (Å²) in [6.07, 6.45) is 2.68. The Kier molecular flexibility index (Phi) is 10.2. The Morgan fingerprint density at radius 2 is 1.68 bits per heavy atom. The Balaban J connectivity index is 1.92. The molecule has 4 N–H and O–H groups in total. The van der Waals surface area contributed by atoms with Crippen LogP contribution in [-0.4, -0.2) is 66.9 Å². The number of sulfonamides is 1. The number of nitrogens with one attached hydrogen (secondary N) is 2. The van der Waals surface area contributed by atoms with E-state index < -0.39 is 10.0 Å². The van der Waals surface area contributed by atoms with Gasteiger partial charge < -0.3 is 15.5 Å². The molecule has 0 aliphatic heterocycles. The molecule has 1 aromatic heterocycles. The molecule has 0 aliphatic rings. The van der Waals surface area contributed by atoms with Crippen molar-refractivity contribution < 1.29 is 23.4 Å². The quantitative estimate of drug-likeness (QED) is 0.145. The zero-order valence-electron chi connectivity index (χ0n) is 21.1. The molecule has 0 aliphatic carbocycles. The van der Waals surface area contributed by atoms with Crippen molar-refractivity contribution >= 4 is 33.4 Å². The number of carbonyl (C=O) groups excluding carboxylic acids is 1. The Morgan fingerprint density at radius 1 is 0.973 bits per heavy atom. The van der Waals surface area contributed by atoms with E-state index in [1.54, 1.807) is 12.1 Å². The molecule has 1 heterocycles. The molecule has 0 amide bonds. The molecular formula is C26H32N4O5S2. The van der Waals surface area contributed by atoms with Gasteiger partial charge in [0.25, 0.3) is 0 Å². The van der Waals surface area contributed by atoms with Crippen LogP contribution in [0.5, 0.6) is 0 Å². The summed E-state index contributed by atoms with van der Waals surface area (Å²) in [6.45, 7) is 3.77. The minimum absolute atomic E-state index is 0.0477. The topological polar surface area (TPSA) is 142 Å². The van der Waals surface area contributed by atoms with Crippen LogP contribution in [0.15, 0.2) is 52.4 Å². The van der Waals surface area contributed by atoms with Gasteiger partial charge in [0, 0.05) is 25.1 Å². The van der Waals surface area contributed by atoms with E-state index in [1.165, 1.54) is 35.0 Å².